The third kappa shape index (κ3) is 3.80. The van der Waals surface area contributed by atoms with Gasteiger partial charge in [-0.25, -0.2) is 9.78 Å². The molecule has 8 heteroatoms. The van der Waals surface area contributed by atoms with Gasteiger partial charge in [0.2, 0.25) is 0 Å². The molecule has 2 aromatic heterocycles. The molecule has 2 aromatic carbocycles. The predicted molar refractivity (Wildman–Crippen MR) is 112 cm³/mol. The number of carbonyl (C=O) groups excluding carboxylic acids is 1. The first kappa shape index (κ1) is 18.7. The number of halogens is 2. The van der Waals surface area contributed by atoms with Crippen molar-refractivity contribution in [1.29, 1.82) is 0 Å². The molecule has 0 amide bonds. The SMILES string of the molecule is O=C(/C=C/c1ccc(Cl)c(Cl)c1)OCc1cc(=O)n2c(n1)sc1ccccc12. The van der Waals surface area contributed by atoms with Gasteiger partial charge < -0.3 is 4.74 Å². The Morgan fingerprint density at radius 2 is 1.96 bits per heavy atom. The van der Waals surface area contributed by atoms with Crippen LogP contribution in [0.4, 0.5) is 0 Å². The van der Waals surface area contributed by atoms with Gasteiger partial charge in [0.15, 0.2) is 4.96 Å². The number of hydrogen-bond donors (Lipinski definition) is 0. The van der Waals surface area contributed by atoms with Gasteiger partial charge in [0.05, 0.1) is 26.0 Å². The molecule has 4 aromatic rings. The highest BCUT2D eigenvalue weighted by Gasteiger charge is 2.10. The molecule has 0 spiro atoms. The summed E-state index contributed by atoms with van der Waals surface area (Å²) in [6, 6.07) is 14.0. The molecule has 0 saturated carbocycles. The van der Waals surface area contributed by atoms with Crippen molar-refractivity contribution < 1.29 is 9.53 Å². The lowest BCUT2D eigenvalue weighted by atomic mass is 10.2. The predicted octanol–water partition coefficient (Wildman–Crippen LogP) is 4.97. The van der Waals surface area contributed by atoms with Crippen LogP contribution in [0.1, 0.15) is 11.3 Å². The number of hydrogen-bond acceptors (Lipinski definition) is 5. The highest BCUT2D eigenvalue weighted by molar-refractivity contribution is 7.23. The molecule has 5 nitrogen and oxygen atoms in total. The van der Waals surface area contributed by atoms with Crippen molar-refractivity contribution in [2.45, 2.75) is 6.61 Å². The number of esters is 1. The van der Waals surface area contributed by atoms with E-state index in [0.29, 0.717) is 20.7 Å². The van der Waals surface area contributed by atoms with E-state index in [0.717, 1.165) is 15.8 Å². The minimum atomic E-state index is -0.551. The fraction of sp³-hybridized carbons (Fsp3) is 0.0500. The van der Waals surface area contributed by atoms with Crippen molar-refractivity contribution in [1.82, 2.24) is 9.38 Å². The highest BCUT2D eigenvalue weighted by Crippen LogP contribution is 2.24. The second-order valence-corrected chi connectivity index (χ2v) is 7.71. The number of aromatic nitrogens is 2. The first-order valence-electron chi connectivity index (χ1n) is 8.21. The topological polar surface area (TPSA) is 60.7 Å². The number of ether oxygens (including phenoxy) is 1. The molecule has 0 aliphatic rings. The molecule has 140 valence electrons. The van der Waals surface area contributed by atoms with Crippen LogP contribution in [0.3, 0.4) is 0 Å². The average Bonchev–Trinajstić information content (AvgIpc) is 3.06. The summed E-state index contributed by atoms with van der Waals surface area (Å²) in [6.45, 7) is -0.0927. The van der Waals surface area contributed by atoms with E-state index in [4.69, 9.17) is 27.9 Å². The van der Waals surface area contributed by atoms with Gasteiger partial charge in [-0.05, 0) is 35.9 Å². The minimum Gasteiger partial charge on any atom is -0.456 e. The van der Waals surface area contributed by atoms with Crippen LogP contribution in [-0.2, 0) is 16.1 Å². The number of benzene rings is 2. The molecular weight excluding hydrogens is 419 g/mol. The first-order valence-corrected chi connectivity index (χ1v) is 9.78. The molecule has 2 heterocycles. The lowest BCUT2D eigenvalue weighted by molar-refractivity contribution is -0.139. The van der Waals surface area contributed by atoms with Crippen LogP contribution >= 0.6 is 34.5 Å². The summed E-state index contributed by atoms with van der Waals surface area (Å²) < 4.78 is 7.71. The van der Waals surface area contributed by atoms with E-state index >= 15 is 0 Å². The van der Waals surface area contributed by atoms with Crippen LogP contribution < -0.4 is 5.56 Å². The number of thiazole rings is 1. The van der Waals surface area contributed by atoms with Gasteiger partial charge in [-0.15, -0.1) is 0 Å². The molecule has 0 fully saturated rings. The van der Waals surface area contributed by atoms with E-state index in [1.54, 1.807) is 28.7 Å². The maximum Gasteiger partial charge on any atom is 0.331 e. The maximum atomic E-state index is 12.4. The van der Waals surface area contributed by atoms with Crippen molar-refractivity contribution in [2.75, 3.05) is 0 Å². The fourth-order valence-corrected chi connectivity index (χ4v) is 4.03. The summed E-state index contributed by atoms with van der Waals surface area (Å²) in [5.74, 6) is -0.551. The van der Waals surface area contributed by atoms with Crippen molar-refractivity contribution in [3.63, 3.8) is 0 Å². The first-order chi connectivity index (χ1) is 13.5. The summed E-state index contributed by atoms with van der Waals surface area (Å²) in [7, 11) is 0. The molecule has 0 aliphatic heterocycles. The second-order valence-electron chi connectivity index (χ2n) is 5.89. The minimum absolute atomic E-state index is 0.0927. The molecule has 0 aliphatic carbocycles. The van der Waals surface area contributed by atoms with E-state index in [2.05, 4.69) is 4.98 Å². The Hall–Kier alpha value is -2.67. The smallest absolute Gasteiger partial charge is 0.331 e. The normalized spacial score (nSPS) is 11.5. The number of carbonyl (C=O) groups is 1. The van der Waals surface area contributed by atoms with Crippen molar-refractivity contribution in [3.8, 4) is 0 Å². The van der Waals surface area contributed by atoms with Gasteiger partial charge >= 0.3 is 5.97 Å². The lowest BCUT2D eigenvalue weighted by Gasteiger charge is -2.02. The summed E-state index contributed by atoms with van der Waals surface area (Å²) >= 11 is 13.2. The Morgan fingerprint density at radius 1 is 1.14 bits per heavy atom. The lowest BCUT2D eigenvalue weighted by Crippen LogP contribution is -2.14. The van der Waals surface area contributed by atoms with Crippen LogP contribution in [0.15, 0.2) is 59.4 Å². The van der Waals surface area contributed by atoms with Gasteiger partial charge in [-0.3, -0.25) is 9.20 Å². The summed E-state index contributed by atoms with van der Waals surface area (Å²) in [6.07, 6.45) is 2.85. The summed E-state index contributed by atoms with van der Waals surface area (Å²) in [4.78, 5) is 29.4. The highest BCUT2D eigenvalue weighted by atomic mass is 35.5. The van der Waals surface area contributed by atoms with Crippen LogP contribution in [0.25, 0.3) is 21.3 Å². The number of para-hydroxylation sites is 1. The molecule has 0 saturated heterocycles. The van der Waals surface area contributed by atoms with E-state index in [1.165, 1.54) is 23.5 Å². The standard InChI is InChI=1S/C20H12Cl2N2O3S/c21-14-7-5-12(9-15(14)22)6-8-19(26)27-11-13-10-18(25)24-16-3-1-2-4-17(16)28-20(24)23-13/h1-10H,11H2/b8-6+. The molecule has 0 unspecified atom stereocenters. The monoisotopic (exact) mass is 430 g/mol. The Kier molecular flexibility index (Phi) is 5.17. The van der Waals surface area contributed by atoms with Gasteiger partial charge in [-0.2, -0.15) is 0 Å². The molecule has 0 atom stereocenters. The quantitative estimate of drug-likeness (QED) is 0.338. The van der Waals surface area contributed by atoms with Crippen LogP contribution in [-0.4, -0.2) is 15.4 Å². The molecular formula is C20H12Cl2N2O3S. The van der Waals surface area contributed by atoms with Gasteiger partial charge in [0, 0.05) is 12.1 Å². The van der Waals surface area contributed by atoms with E-state index < -0.39 is 5.97 Å². The fourth-order valence-electron chi connectivity index (χ4n) is 2.67. The van der Waals surface area contributed by atoms with Crippen LogP contribution in [0.2, 0.25) is 10.0 Å². The average molecular weight is 431 g/mol. The largest absolute Gasteiger partial charge is 0.456 e. The molecule has 0 radical (unpaired) electrons. The molecule has 0 N–H and O–H groups in total. The van der Waals surface area contributed by atoms with Crippen LogP contribution in [0.5, 0.6) is 0 Å². The summed E-state index contributed by atoms with van der Waals surface area (Å²) in [5.41, 5.74) is 1.72. The zero-order valence-electron chi connectivity index (χ0n) is 14.3. The second kappa shape index (κ2) is 7.75. The Morgan fingerprint density at radius 3 is 2.79 bits per heavy atom. The summed E-state index contributed by atoms with van der Waals surface area (Å²) in [5, 5.41) is 0.842. The van der Waals surface area contributed by atoms with Crippen molar-refractivity contribution in [3.05, 3.63) is 86.3 Å². The third-order valence-electron chi connectivity index (χ3n) is 3.97. The Bertz CT molecular complexity index is 1290. The van der Waals surface area contributed by atoms with Gasteiger partial charge in [-0.1, -0.05) is 52.7 Å². The van der Waals surface area contributed by atoms with E-state index in [-0.39, 0.29) is 12.2 Å². The molecule has 4 rings (SSSR count). The van der Waals surface area contributed by atoms with E-state index in [1.807, 2.05) is 24.3 Å². The molecule has 0 bridgehead atoms. The molecule has 28 heavy (non-hydrogen) atoms. The zero-order chi connectivity index (χ0) is 19.7. The van der Waals surface area contributed by atoms with Crippen molar-refractivity contribution >= 4 is 61.8 Å². The van der Waals surface area contributed by atoms with Crippen molar-refractivity contribution in [2.24, 2.45) is 0 Å². The van der Waals surface area contributed by atoms with Crippen LogP contribution in [0, 0.1) is 0 Å². The number of nitrogens with zero attached hydrogens (tertiary/aromatic N) is 2. The third-order valence-corrected chi connectivity index (χ3v) is 5.73. The van der Waals surface area contributed by atoms with E-state index in [9.17, 15) is 9.59 Å². The Balaban J connectivity index is 1.49. The number of fused-ring (bicyclic) bond motifs is 3. The Labute approximate surface area is 173 Å². The zero-order valence-corrected chi connectivity index (χ0v) is 16.6. The maximum absolute atomic E-state index is 12.4. The van der Waals surface area contributed by atoms with Gasteiger partial charge in [0.25, 0.3) is 5.56 Å². The van der Waals surface area contributed by atoms with Gasteiger partial charge in [0.1, 0.15) is 6.61 Å². The number of rotatable bonds is 4.